The second-order valence-electron chi connectivity index (χ2n) is 3.43. The van der Waals surface area contributed by atoms with Gasteiger partial charge in [-0.25, -0.2) is 0 Å². The molecule has 0 aromatic heterocycles. The fourth-order valence-electron chi connectivity index (χ4n) is 1.75. The van der Waals surface area contributed by atoms with E-state index in [4.69, 9.17) is 10.8 Å². The molecule has 0 aromatic carbocycles. The fraction of sp³-hybridized carbons (Fsp3) is 0.556. The highest BCUT2D eigenvalue weighted by Gasteiger charge is 2.36. The Bertz CT molecular complexity index is 260. The first kappa shape index (κ1) is 9.77. The van der Waals surface area contributed by atoms with Gasteiger partial charge in [0.2, 0.25) is 5.91 Å². The molecule has 13 heavy (non-hydrogen) atoms. The molecule has 4 heteroatoms. The quantitative estimate of drug-likeness (QED) is 0.607. The van der Waals surface area contributed by atoms with Gasteiger partial charge in [-0.05, 0) is 12.3 Å². The third-order valence-electron chi connectivity index (χ3n) is 2.46. The van der Waals surface area contributed by atoms with Crippen LogP contribution in [0.15, 0.2) is 12.2 Å². The summed E-state index contributed by atoms with van der Waals surface area (Å²) in [6.07, 6.45) is 4.07. The van der Waals surface area contributed by atoms with Gasteiger partial charge in [-0.15, -0.1) is 0 Å². The van der Waals surface area contributed by atoms with Crippen LogP contribution in [0.1, 0.15) is 13.3 Å². The lowest BCUT2D eigenvalue weighted by atomic mass is 9.76. The van der Waals surface area contributed by atoms with Crippen molar-refractivity contribution in [2.75, 3.05) is 0 Å². The monoisotopic (exact) mass is 183 g/mol. The highest BCUT2D eigenvalue weighted by Crippen LogP contribution is 2.29. The number of hydrogen-bond acceptors (Lipinski definition) is 2. The molecule has 0 aliphatic heterocycles. The zero-order valence-corrected chi connectivity index (χ0v) is 7.43. The number of rotatable bonds is 2. The number of aliphatic carboxylic acids is 1. The van der Waals surface area contributed by atoms with Crippen molar-refractivity contribution >= 4 is 11.9 Å². The van der Waals surface area contributed by atoms with Gasteiger partial charge in [0.25, 0.3) is 0 Å². The van der Waals surface area contributed by atoms with Crippen molar-refractivity contribution in [2.45, 2.75) is 13.3 Å². The zero-order valence-electron chi connectivity index (χ0n) is 7.43. The first-order valence-electron chi connectivity index (χ1n) is 4.23. The van der Waals surface area contributed by atoms with E-state index in [1.807, 2.05) is 6.92 Å². The minimum atomic E-state index is -0.980. The Morgan fingerprint density at radius 3 is 2.54 bits per heavy atom. The number of carboxylic acid groups (broad SMARTS) is 1. The van der Waals surface area contributed by atoms with E-state index in [-0.39, 0.29) is 5.92 Å². The molecule has 0 saturated heterocycles. The zero-order chi connectivity index (χ0) is 10.0. The molecular formula is C9H13NO3. The fourth-order valence-corrected chi connectivity index (χ4v) is 1.75. The summed E-state index contributed by atoms with van der Waals surface area (Å²) in [6, 6.07) is 0. The van der Waals surface area contributed by atoms with Crippen molar-refractivity contribution in [1.29, 1.82) is 0 Å². The molecule has 4 nitrogen and oxygen atoms in total. The predicted molar refractivity (Wildman–Crippen MR) is 46.7 cm³/mol. The standard InChI is InChI=1S/C9H13NO3/c1-5-3-2-4-6(9(12)13)7(5)8(10)11/h2,4-7H,3H2,1H3,(H2,10,11)(H,12,13). The third kappa shape index (κ3) is 1.88. The van der Waals surface area contributed by atoms with Gasteiger partial charge >= 0.3 is 5.97 Å². The lowest BCUT2D eigenvalue weighted by molar-refractivity contribution is -0.146. The van der Waals surface area contributed by atoms with Crippen molar-refractivity contribution < 1.29 is 14.7 Å². The van der Waals surface area contributed by atoms with Crippen LogP contribution in [0, 0.1) is 17.8 Å². The van der Waals surface area contributed by atoms with E-state index in [2.05, 4.69) is 0 Å². The number of nitrogens with two attached hydrogens (primary N) is 1. The Morgan fingerprint density at radius 2 is 2.15 bits per heavy atom. The molecule has 0 aromatic rings. The summed E-state index contributed by atoms with van der Waals surface area (Å²) in [4.78, 5) is 21.8. The maximum Gasteiger partial charge on any atom is 0.311 e. The van der Waals surface area contributed by atoms with Gasteiger partial charge in [0.05, 0.1) is 11.8 Å². The van der Waals surface area contributed by atoms with Crippen LogP contribution < -0.4 is 5.73 Å². The van der Waals surface area contributed by atoms with Crippen molar-refractivity contribution in [2.24, 2.45) is 23.5 Å². The predicted octanol–water partition coefficient (Wildman–Crippen LogP) is 0.385. The summed E-state index contributed by atoms with van der Waals surface area (Å²) >= 11 is 0. The molecule has 72 valence electrons. The van der Waals surface area contributed by atoms with Gasteiger partial charge in [-0.1, -0.05) is 19.1 Å². The van der Waals surface area contributed by atoms with Crippen LogP contribution in [0.3, 0.4) is 0 Å². The minimum absolute atomic E-state index is 0.0172. The van der Waals surface area contributed by atoms with E-state index in [1.165, 1.54) is 0 Å². The topological polar surface area (TPSA) is 80.4 Å². The van der Waals surface area contributed by atoms with Crippen LogP contribution in [0.25, 0.3) is 0 Å². The van der Waals surface area contributed by atoms with Gasteiger partial charge in [-0.3, -0.25) is 9.59 Å². The van der Waals surface area contributed by atoms with Crippen LogP contribution >= 0.6 is 0 Å². The summed E-state index contributed by atoms with van der Waals surface area (Å²) in [5, 5.41) is 8.82. The molecule has 0 radical (unpaired) electrons. The van der Waals surface area contributed by atoms with E-state index < -0.39 is 23.7 Å². The van der Waals surface area contributed by atoms with Crippen LogP contribution in [0.2, 0.25) is 0 Å². The molecule has 1 amide bonds. The second-order valence-corrected chi connectivity index (χ2v) is 3.43. The molecule has 1 aliphatic carbocycles. The molecule has 3 N–H and O–H groups in total. The Morgan fingerprint density at radius 1 is 1.54 bits per heavy atom. The van der Waals surface area contributed by atoms with Gasteiger partial charge in [0, 0.05) is 0 Å². The average Bonchev–Trinajstić information content (AvgIpc) is 2.02. The molecule has 0 bridgehead atoms. The van der Waals surface area contributed by atoms with Gasteiger partial charge in [0.15, 0.2) is 0 Å². The van der Waals surface area contributed by atoms with Gasteiger partial charge < -0.3 is 10.8 Å². The van der Waals surface area contributed by atoms with Gasteiger partial charge in [-0.2, -0.15) is 0 Å². The smallest absolute Gasteiger partial charge is 0.311 e. The summed E-state index contributed by atoms with van der Waals surface area (Å²) in [5.41, 5.74) is 5.15. The molecule has 3 atom stereocenters. The minimum Gasteiger partial charge on any atom is -0.481 e. The summed E-state index contributed by atoms with van der Waals surface area (Å²) in [6.45, 7) is 1.84. The number of allylic oxidation sites excluding steroid dienone is 1. The normalized spacial score (nSPS) is 32.8. The maximum absolute atomic E-state index is 11.0. The van der Waals surface area contributed by atoms with E-state index >= 15 is 0 Å². The number of carbonyl (C=O) groups is 2. The number of hydrogen-bond donors (Lipinski definition) is 2. The highest BCUT2D eigenvalue weighted by atomic mass is 16.4. The second kappa shape index (κ2) is 3.60. The first-order chi connectivity index (χ1) is 6.04. The van der Waals surface area contributed by atoms with Crippen LogP contribution in [0.5, 0.6) is 0 Å². The Labute approximate surface area is 76.4 Å². The number of primary amides is 1. The van der Waals surface area contributed by atoms with Crippen molar-refractivity contribution in [3.05, 3.63) is 12.2 Å². The number of amides is 1. The van der Waals surface area contributed by atoms with E-state index in [0.29, 0.717) is 0 Å². The molecule has 0 fully saturated rings. The molecule has 1 rings (SSSR count). The number of carboxylic acids is 1. The molecule has 1 aliphatic rings. The third-order valence-corrected chi connectivity index (χ3v) is 2.46. The van der Waals surface area contributed by atoms with E-state index in [9.17, 15) is 9.59 Å². The Kier molecular flexibility index (Phi) is 2.70. The summed E-state index contributed by atoms with van der Waals surface area (Å²) < 4.78 is 0. The molecule has 0 spiro atoms. The molecule has 3 unspecified atom stereocenters. The van der Waals surface area contributed by atoms with Crippen molar-refractivity contribution in [1.82, 2.24) is 0 Å². The summed E-state index contributed by atoms with van der Waals surface area (Å²) in [7, 11) is 0. The lowest BCUT2D eigenvalue weighted by Crippen LogP contribution is -2.39. The average molecular weight is 183 g/mol. The van der Waals surface area contributed by atoms with E-state index in [1.54, 1.807) is 12.2 Å². The number of carbonyl (C=O) groups excluding carboxylic acids is 1. The molecule has 0 saturated carbocycles. The Balaban J connectivity index is 2.91. The van der Waals surface area contributed by atoms with Crippen LogP contribution in [-0.2, 0) is 9.59 Å². The highest BCUT2D eigenvalue weighted by molar-refractivity contribution is 5.85. The van der Waals surface area contributed by atoms with Gasteiger partial charge in [0.1, 0.15) is 0 Å². The molecular weight excluding hydrogens is 170 g/mol. The molecule has 0 heterocycles. The lowest BCUT2D eigenvalue weighted by Gasteiger charge is -2.27. The summed E-state index contributed by atoms with van der Waals surface area (Å²) in [5.74, 6) is -2.80. The van der Waals surface area contributed by atoms with Crippen LogP contribution in [0.4, 0.5) is 0 Å². The van der Waals surface area contributed by atoms with Crippen molar-refractivity contribution in [3.63, 3.8) is 0 Å². The first-order valence-corrected chi connectivity index (χ1v) is 4.23. The van der Waals surface area contributed by atoms with Crippen LogP contribution in [-0.4, -0.2) is 17.0 Å². The SMILES string of the molecule is CC1CC=CC(C(=O)O)C1C(N)=O. The van der Waals surface area contributed by atoms with Crippen molar-refractivity contribution in [3.8, 4) is 0 Å². The maximum atomic E-state index is 11.0. The Hall–Kier alpha value is -1.32. The largest absolute Gasteiger partial charge is 0.481 e. The van der Waals surface area contributed by atoms with E-state index in [0.717, 1.165) is 6.42 Å².